The normalized spacial score (nSPS) is 10.9. The molecule has 0 aliphatic rings. The summed E-state index contributed by atoms with van der Waals surface area (Å²) in [6.45, 7) is 0. The van der Waals surface area contributed by atoms with Crippen LogP contribution in [0.1, 0.15) is 0 Å². The number of carboxylic acids is 1. The van der Waals surface area contributed by atoms with Gasteiger partial charge in [-0.15, -0.1) is 0 Å². The maximum atomic E-state index is 10.3. The minimum atomic E-state index is -1.01. The van der Waals surface area contributed by atoms with Crippen LogP contribution in [-0.2, 0) is 4.79 Å². The summed E-state index contributed by atoms with van der Waals surface area (Å²) in [5.74, 6) is -1.01. The lowest BCUT2D eigenvalue weighted by molar-refractivity contribution is -0.131. The number of fused-ring (bicyclic) bond motifs is 1. The molecule has 0 bridgehead atoms. The summed E-state index contributed by atoms with van der Waals surface area (Å²) >= 11 is 6.03. The predicted octanol–water partition coefficient (Wildman–Crippen LogP) is 2.90. The van der Waals surface area contributed by atoms with Crippen LogP contribution < -0.4 is 5.32 Å². The molecular weight excluding hydrogens is 240 g/mol. The van der Waals surface area contributed by atoms with Gasteiger partial charge in [0.1, 0.15) is 0 Å². The van der Waals surface area contributed by atoms with Crippen molar-refractivity contribution in [3.8, 4) is 0 Å². The number of hydrogen-bond acceptors (Lipinski definition) is 3. The van der Waals surface area contributed by atoms with Crippen LogP contribution in [0.3, 0.4) is 0 Å². The molecule has 0 saturated heterocycles. The molecule has 0 aliphatic heterocycles. The second kappa shape index (κ2) is 4.84. The molecule has 0 unspecified atom stereocenters. The van der Waals surface area contributed by atoms with Gasteiger partial charge in [0.2, 0.25) is 0 Å². The molecule has 2 aromatic rings. The van der Waals surface area contributed by atoms with E-state index in [1.54, 1.807) is 24.4 Å². The van der Waals surface area contributed by atoms with Crippen molar-refractivity contribution in [1.82, 2.24) is 4.98 Å². The van der Waals surface area contributed by atoms with E-state index in [0.29, 0.717) is 16.2 Å². The average Bonchev–Trinajstić information content (AvgIpc) is 2.32. The first kappa shape index (κ1) is 11.4. The largest absolute Gasteiger partial charge is 0.478 e. The smallest absolute Gasteiger partial charge is 0.329 e. The molecule has 4 nitrogen and oxygen atoms in total. The highest BCUT2D eigenvalue weighted by Crippen LogP contribution is 2.27. The number of anilines is 1. The molecule has 0 atom stereocenters. The molecule has 0 aliphatic carbocycles. The minimum Gasteiger partial charge on any atom is -0.478 e. The Balaban J connectivity index is 2.41. The number of halogens is 1. The van der Waals surface area contributed by atoms with Gasteiger partial charge in [0.05, 0.1) is 16.2 Å². The number of rotatable bonds is 3. The fourth-order valence-electron chi connectivity index (χ4n) is 1.46. The van der Waals surface area contributed by atoms with E-state index in [1.165, 1.54) is 6.20 Å². The van der Waals surface area contributed by atoms with Crippen LogP contribution in [0, 0.1) is 0 Å². The van der Waals surface area contributed by atoms with Crippen LogP contribution >= 0.6 is 11.6 Å². The van der Waals surface area contributed by atoms with Gasteiger partial charge in [-0.1, -0.05) is 11.6 Å². The van der Waals surface area contributed by atoms with Crippen molar-refractivity contribution in [2.45, 2.75) is 0 Å². The number of aromatic nitrogens is 1. The lowest BCUT2D eigenvalue weighted by atomic mass is 10.2. The van der Waals surface area contributed by atoms with Gasteiger partial charge in [-0.05, 0) is 24.3 Å². The lowest BCUT2D eigenvalue weighted by Crippen LogP contribution is -1.94. The summed E-state index contributed by atoms with van der Waals surface area (Å²) in [6, 6.07) is 7.15. The maximum absolute atomic E-state index is 10.3. The number of nitrogens with zero attached hydrogens (tertiary/aromatic N) is 1. The summed E-state index contributed by atoms with van der Waals surface area (Å²) in [6.07, 6.45) is 4.02. The number of carboxylic acid groups (broad SMARTS) is 1. The molecule has 1 heterocycles. The van der Waals surface area contributed by atoms with Crippen LogP contribution in [0.15, 0.2) is 42.7 Å². The third-order valence-electron chi connectivity index (χ3n) is 2.18. The van der Waals surface area contributed by atoms with Gasteiger partial charge in [-0.3, -0.25) is 4.98 Å². The summed E-state index contributed by atoms with van der Waals surface area (Å²) < 4.78 is 0. The van der Waals surface area contributed by atoms with E-state index in [2.05, 4.69) is 10.3 Å². The Bertz CT molecular complexity index is 596. The van der Waals surface area contributed by atoms with Gasteiger partial charge in [0, 0.05) is 23.9 Å². The molecule has 2 N–H and O–H groups in total. The molecule has 1 aromatic carbocycles. The molecule has 0 radical (unpaired) electrons. The summed E-state index contributed by atoms with van der Waals surface area (Å²) in [5, 5.41) is 12.8. The van der Waals surface area contributed by atoms with Crippen LogP contribution in [0.25, 0.3) is 10.9 Å². The number of nitrogens with one attached hydrogen (secondary N) is 1. The SMILES string of the molecule is O=C(O)/C=C/Nc1ccc(Cl)c2cccnc12. The highest BCUT2D eigenvalue weighted by atomic mass is 35.5. The van der Waals surface area contributed by atoms with Crippen LogP contribution in [-0.4, -0.2) is 16.1 Å². The van der Waals surface area contributed by atoms with Gasteiger partial charge < -0.3 is 10.4 Å². The predicted molar refractivity (Wildman–Crippen MR) is 67.2 cm³/mol. The van der Waals surface area contributed by atoms with Crippen molar-refractivity contribution >= 4 is 34.2 Å². The molecule has 5 heteroatoms. The first-order chi connectivity index (χ1) is 8.18. The standard InChI is InChI=1S/C12H9ClN2O2/c13-9-3-4-10(14-7-5-11(16)17)12-8(9)2-1-6-15-12/h1-7,14H,(H,16,17)/b7-5+. The van der Waals surface area contributed by atoms with E-state index in [1.807, 2.05) is 6.07 Å². The summed E-state index contributed by atoms with van der Waals surface area (Å²) in [7, 11) is 0. The van der Waals surface area contributed by atoms with E-state index in [0.717, 1.165) is 11.5 Å². The van der Waals surface area contributed by atoms with E-state index >= 15 is 0 Å². The quantitative estimate of drug-likeness (QED) is 0.820. The second-order valence-corrected chi connectivity index (χ2v) is 3.72. The molecule has 86 valence electrons. The van der Waals surface area contributed by atoms with E-state index in [-0.39, 0.29) is 0 Å². The second-order valence-electron chi connectivity index (χ2n) is 3.31. The number of hydrogen-bond donors (Lipinski definition) is 2. The van der Waals surface area contributed by atoms with E-state index in [4.69, 9.17) is 16.7 Å². The Hall–Kier alpha value is -2.07. The Morgan fingerprint density at radius 1 is 1.41 bits per heavy atom. The summed E-state index contributed by atoms with van der Waals surface area (Å²) in [5.41, 5.74) is 1.41. The van der Waals surface area contributed by atoms with Crippen molar-refractivity contribution in [2.24, 2.45) is 0 Å². The van der Waals surface area contributed by atoms with E-state index < -0.39 is 5.97 Å². The topological polar surface area (TPSA) is 62.2 Å². The molecule has 0 amide bonds. The van der Waals surface area contributed by atoms with Gasteiger partial charge in [-0.25, -0.2) is 4.79 Å². The highest BCUT2D eigenvalue weighted by Gasteiger charge is 2.03. The Labute approximate surface area is 103 Å². The Morgan fingerprint density at radius 2 is 2.24 bits per heavy atom. The van der Waals surface area contributed by atoms with Crippen molar-refractivity contribution in [2.75, 3.05) is 5.32 Å². The van der Waals surface area contributed by atoms with Crippen molar-refractivity contribution in [1.29, 1.82) is 0 Å². The molecule has 0 fully saturated rings. The van der Waals surface area contributed by atoms with Crippen molar-refractivity contribution in [3.05, 3.63) is 47.8 Å². The first-order valence-electron chi connectivity index (χ1n) is 4.88. The minimum absolute atomic E-state index is 0.612. The molecule has 17 heavy (non-hydrogen) atoms. The van der Waals surface area contributed by atoms with Crippen molar-refractivity contribution in [3.63, 3.8) is 0 Å². The van der Waals surface area contributed by atoms with Gasteiger partial charge in [0.15, 0.2) is 0 Å². The maximum Gasteiger partial charge on any atom is 0.329 e. The molecular formula is C12H9ClN2O2. The number of pyridine rings is 1. The highest BCUT2D eigenvalue weighted by molar-refractivity contribution is 6.35. The van der Waals surface area contributed by atoms with Gasteiger partial charge >= 0.3 is 5.97 Å². The Morgan fingerprint density at radius 3 is 3.00 bits per heavy atom. The number of carbonyl (C=O) groups is 1. The number of aliphatic carboxylic acids is 1. The third kappa shape index (κ3) is 2.54. The first-order valence-corrected chi connectivity index (χ1v) is 5.25. The monoisotopic (exact) mass is 248 g/mol. The third-order valence-corrected chi connectivity index (χ3v) is 2.51. The molecule has 2 rings (SSSR count). The van der Waals surface area contributed by atoms with Crippen LogP contribution in [0.2, 0.25) is 5.02 Å². The van der Waals surface area contributed by atoms with Crippen molar-refractivity contribution < 1.29 is 9.90 Å². The summed E-state index contributed by atoms with van der Waals surface area (Å²) in [4.78, 5) is 14.6. The number of benzene rings is 1. The lowest BCUT2D eigenvalue weighted by Gasteiger charge is -2.06. The fraction of sp³-hybridized carbons (Fsp3) is 0. The van der Waals surface area contributed by atoms with E-state index in [9.17, 15) is 4.79 Å². The zero-order valence-corrected chi connectivity index (χ0v) is 9.48. The zero-order valence-electron chi connectivity index (χ0n) is 8.72. The average molecular weight is 249 g/mol. The van der Waals surface area contributed by atoms with Crippen LogP contribution in [0.4, 0.5) is 5.69 Å². The van der Waals surface area contributed by atoms with Gasteiger partial charge in [0.25, 0.3) is 0 Å². The molecule has 0 spiro atoms. The van der Waals surface area contributed by atoms with Gasteiger partial charge in [-0.2, -0.15) is 0 Å². The Kier molecular flexibility index (Phi) is 3.25. The molecule has 0 saturated carbocycles. The fourth-order valence-corrected chi connectivity index (χ4v) is 1.67. The molecule has 1 aromatic heterocycles. The van der Waals surface area contributed by atoms with Crippen LogP contribution in [0.5, 0.6) is 0 Å². The zero-order chi connectivity index (χ0) is 12.3.